The summed E-state index contributed by atoms with van der Waals surface area (Å²) in [6.45, 7) is 4.58. The molecule has 0 radical (unpaired) electrons. The van der Waals surface area contributed by atoms with Crippen molar-refractivity contribution in [3.8, 4) is 16.9 Å². The van der Waals surface area contributed by atoms with Crippen molar-refractivity contribution in [2.24, 2.45) is 0 Å². The number of aryl methyl sites for hydroxylation is 1. The van der Waals surface area contributed by atoms with Crippen LogP contribution < -0.4 is 10.1 Å². The van der Waals surface area contributed by atoms with Crippen LogP contribution in [0.1, 0.15) is 68.2 Å². The maximum atomic E-state index is 12.8. The molecule has 1 fully saturated rings. The zero-order valence-electron chi connectivity index (χ0n) is 23.2. The van der Waals surface area contributed by atoms with Gasteiger partial charge in [0.2, 0.25) is 5.91 Å². The molecule has 0 atom stereocenters. The molecule has 1 saturated carbocycles. The van der Waals surface area contributed by atoms with Gasteiger partial charge in [0.1, 0.15) is 5.75 Å². The molecule has 4 rings (SSSR count). The van der Waals surface area contributed by atoms with E-state index in [1.54, 1.807) is 0 Å². The van der Waals surface area contributed by atoms with Crippen LogP contribution in [0.2, 0.25) is 0 Å². The Labute approximate surface area is 234 Å². The summed E-state index contributed by atoms with van der Waals surface area (Å²) in [6.07, 6.45) is 2.03. The SMILES string of the molecule is CCCc1cccc(-c2cc(OC3CCC(OCc4ccc(C(F)(F)F)cc4)CC3)ccc2CCNC(C)=O)c1. The van der Waals surface area contributed by atoms with Gasteiger partial charge in [-0.25, -0.2) is 0 Å². The topological polar surface area (TPSA) is 47.6 Å². The zero-order valence-corrected chi connectivity index (χ0v) is 23.2. The Bertz CT molecular complexity index is 1250. The van der Waals surface area contributed by atoms with E-state index in [0.717, 1.165) is 85.1 Å². The number of hydrogen-bond donors (Lipinski definition) is 1. The van der Waals surface area contributed by atoms with Gasteiger partial charge in [-0.3, -0.25) is 4.79 Å². The predicted octanol–water partition coefficient (Wildman–Crippen LogP) is 7.91. The first-order valence-electron chi connectivity index (χ1n) is 14.1. The van der Waals surface area contributed by atoms with Crippen LogP contribution in [0.15, 0.2) is 66.7 Å². The summed E-state index contributed by atoms with van der Waals surface area (Å²) in [5.74, 6) is 0.790. The summed E-state index contributed by atoms with van der Waals surface area (Å²) < 4.78 is 50.8. The average Bonchev–Trinajstić information content (AvgIpc) is 2.93. The molecular weight excluding hydrogens is 515 g/mol. The van der Waals surface area contributed by atoms with Gasteiger partial charge in [0, 0.05) is 13.5 Å². The van der Waals surface area contributed by atoms with E-state index in [0.29, 0.717) is 13.2 Å². The fourth-order valence-electron chi connectivity index (χ4n) is 5.19. The number of carbonyl (C=O) groups is 1. The lowest BCUT2D eigenvalue weighted by molar-refractivity contribution is -0.137. The third-order valence-electron chi connectivity index (χ3n) is 7.32. The monoisotopic (exact) mass is 553 g/mol. The van der Waals surface area contributed by atoms with Crippen LogP contribution in [-0.2, 0) is 35.2 Å². The first kappa shape index (κ1) is 29.7. The van der Waals surface area contributed by atoms with Crippen molar-refractivity contribution in [1.29, 1.82) is 0 Å². The molecule has 0 spiro atoms. The highest BCUT2D eigenvalue weighted by Crippen LogP contribution is 2.33. The number of carbonyl (C=O) groups excluding carboxylic acids is 1. The van der Waals surface area contributed by atoms with Gasteiger partial charge in [-0.1, -0.05) is 55.8 Å². The molecule has 1 aliphatic carbocycles. The van der Waals surface area contributed by atoms with Crippen LogP contribution in [-0.4, -0.2) is 24.7 Å². The van der Waals surface area contributed by atoms with E-state index in [2.05, 4.69) is 48.6 Å². The van der Waals surface area contributed by atoms with Crippen molar-refractivity contribution in [3.63, 3.8) is 0 Å². The number of hydrogen-bond acceptors (Lipinski definition) is 3. The van der Waals surface area contributed by atoms with E-state index in [-0.39, 0.29) is 18.1 Å². The molecule has 0 heterocycles. The second-order valence-corrected chi connectivity index (χ2v) is 10.5. The highest BCUT2D eigenvalue weighted by Gasteiger charge is 2.30. The molecule has 0 saturated heterocycles. The Morgan fingerprint density at radius 1 is 0.900 bits per heavy atom. The Balaban J connectivity index is 1.36. The van der Waals surface area contributed by atoms with Gasteiger partial charge in [-0.2, -0.15) is 13.2 Å². The summed E-state index contributed by atoms with van der Waals surface area (Å²) >= 11 is 0. The van der Waals surface area contributed by atoms with Crippen molar-refractivity contribution in [1.82, 2.24) is 5.32 Å². The highest BCUT2D eigenvalue weighted by atomic mass is 19.4. The Kier molecular flexibility index (Phi) is 10.3. The van der Waals surface area contributed by atoms with Crippen LogP contribution in [0, 0.1) is 0 Å². The van der Waals surface area contributed by atoms with Crippen molar-refractivity contribution in [3.05, 3.63) is 89.0 Å². The first-order valence-corrected chi connectivity index (χ1v) is 14.1. The smallest absolute Gasteiger partial charge is 0.416 e. The highest BCUT2D eigenvalue weighted by molar-refractivity contribution is 5.73. The van der Waals surface area contributed by atoms with E-state index in [1.807, 2.05) is 6.07 Å². The standard InChI is InChI=1S/C33H38F3NO3/c1-3-5-24-6-4-7-27(20-24)32-21-31(13-10-26(32)18-19-37-23(2)38)40-30-16-14-29(15-17-30)39-22-25-8-11-28(12-9-25)33(34,35)36/h4,6-13,20-21,29-30H,3,5,14-19,22H2,1-2H3,(H,37,38). The molecule has 3 aromatic carbocycles. The van der Waals surface area contributed by atoms with Gasteiger partial charge in [0.15, 0.2) is 0 Å². The fourth-order valence-corrected chi connectivity index (χ4v) is 5.19. The molecule has 0 aromatic heterocycles. The number of amides is 1. The quantitative estimate of drug-likeness (QED) is 0.263. The molecule has 0 bridgehead atoms. The van der Waals surface area contributed by atoms with E-state index >= 15 is 0 Å². The molecule has 0 aliphatic heterocycles. The number of rotatable bonds is 11. The largest absolute Gasteiger partial charge is 0.490 e. The zero-order chi connectivity index (χ0) is 28.5. The summed E-state index contributed by atoms with van der Waals surface area (Å²) in [4.78, 5) is 11.4. The van der Waals surface area contributed by atoms with Crippen LogP contribution in [0.4, 0.5) is 13.2 Å². The number of nitrogens with one attached hydrogen (secondary N) is 1. The summed E-state index contributed by atoms with van der Waals surface area (Å²) in [5, 5.41) is 2.89. The van der Waals surface area contributed by atoms with Crippen molar-refractivity contribution >= 4 is 5.91 Å². The first-order chi connectivity index (χ1) is 19.2. The van der Waals surface area contributed by atoms with Crippen molar-refractivity contribution in [2.45, 2.75) is 83.8 Å². The van der Waals surface area contributed by atoms with Gasteiger partial charge in [-0.15, -0.1) is 0 Å². The molecule has 1 N–H and O–H groups in total. The Hall–Kier alpha value is -3.32. The molecule has 7 heteroatoms. The van der Waals surface area contributed by atoms with E-state index < -0.39 is 11.7 Å². The lowest BCUT2D eigenvalue weighted by Crippen LogP contribution is -2.28. The third kappa shape index (κ3) is 8.59. The minimum atomic E-state index is -4.33. The molecule has 40 heavy (non-hydrogen) atoms. The van der Waals surface area contributed by atoms with Gasteiger partial charge >= 0.3 is 6.18 Å². The van der Waals surface area contributed by atoms with Crippen LogP contribution >= 0.6 is 0 Å². The van der Waals surface area contributed by atoms with E-state index in [9.17, 15) is 18.0 Å². The Morgan fingerprint density at radius 3 is 2.30 bits per heavy atom. The molecular formula is C33H38F3NO3. The summed E-state index contributed by atoms with van der Waals surface area (Å²) in [6, 6.07) is 20.0. The van der Waals surface area contributed by atoms with Crippen LogP contribution in [0.5, 0.6) is 5.75 Å². The Morgan fingerprint density at radius 2 is 1.62 bits per heavy atom. The number of benzene rings is 3. The van der Waals surface area contributed by atoms with E-state index in [4.69, 9.17) is 9.47 Å². The van der Waals surface area contributed by atoms with Crippen LogP contribution in [0.25, 0.3) is 11.1 Å². The second kappa shape index (κ2) is 13.8. The minimum absolute atomic E-state index is 0.0367. The van der Waals surface area contributed by atoms with Gasteiger partial charge in [0.25, 0.3) is 0 Å². The molecule has 214 valence electrons. The number of ether oxygens (including phenoxy) is 2. The normalized spacial score (nSPS) is 17.4. The molecule has 3 aromatic rings. The maximum Gasteiger partial charge on any atom is 0.416 e. The lowest BCUT2D eigenvalue weighted by Gasteiger charge is -2.29. The average molecular weight is 554 g/mol. The summed E-state index contributed by atoms with van der Waals surface area (Å²) in [5.41, 5.74) is 4.82. The number of halogens is 3. The maximum absolute atomic E-state index is 12.8. The second-order valence-electron chi connectivity index (χ2n) is 10.5. The van der Waals surface area contributed by atoms with Gasteiger partial charge in [0.05, 0.1) is 24.4 Å². The third-order valence-corrected chi connectivity index (χ3v) is 7.32. The van der Waals surface area contributed by atoms with Crippen molar-refractivity contribution < 1.29 is 27.4 Å². The molecule has 1 aliphatic rings. The van der Waals surface area contributed by atoms with Gasteiger partial charge < -0.3 is 14.8 Å². The van der Waals surface area contributed by atoms with E-state index in [1.165, 1.54) is 24.6 Å². The van der Waals surface area contributed by atoms with Gasteiger partial charge in [-0.05, 0) is 90.6 Å². The van der Waals surface area contributed by atoms with Crippen molar-refractivity contribution in [2.75, 3.05) is 6.54 Å². The molecule has 1 amide bonds. The van der Waals surface area contributed by atoms with Crippen LogP contribution in [0.3, 0.4) is 0 Å². The predicted molar refractivity (Wildman–Crippen MR) is 151 cm³/mol. The number of alkyl halides is 3. The summed E-state index contributed by atoms with van der Waals surface area (Å²) in [7, 11) is 0. The molecule has 4 nitrogen and oxygen atoms in total. The molecule has 0 unspecified atom stereocenters. The minimum Gasteiger partial charge on any atom is -0.490 e. The lowest BCUT2D eigenvalue weighted by atomic mass is 9.94. The fraction of sp³-hybridized carbons (Fsp3) is 0.424.